The number of carboxylic acids is 1. The third-order valence-corrected chi connectivity index (χ3v) is 0.917. The van der Waals surface area contributed by atoms with Gasteiger partial charge in [0.2, 0.25) is 0 Å². The molecule has 0 saturated heterocycles. The first kappa shape index (κ1) is 17.5. The maximum atomic E-state index is 9.96. The molecular formula is C5H16N2O4P+. The summed E-state index contributed by atoms with van der Waals surface area (Å²) in [5.41, 5.74) is 5.13. The fourth-order valence-electron chi connectivity index (χ4n) is 0.434. The quantitative estimate of drug-likeness (QED) is 0.482. The molecule has 0 aromatic carbocycles. The van der Waals surface area contributed by atoms with Gasteiger partial charge in [-0.25, -0.2) is 0 Å². The average Bonchev–Trinajstić information content (AvgIpc) is 1.90. The Balaban J connectivity index is -0.000000177. The van der Waals surface area contributed by atoms with Crippen molar-refractivity contribution in [3.8, 4) is 0 Å². The molecule has 0 spiro atoms. The van der Waals surface area contributed by atoms with Gasteiger partial charge in [-0.1, -0.05) is 13.3 Å². The zero-order chi connectivity index (χ0) is 9.28. The molecule has 0 aliphatic heterocycles. The first-order chi connectivity index (χ1) is 5.09. The summed E-state index contributed by atoms with van der Waals surface area (Å²) >= 11 is 0. The number of rotatable bonds is 3. The van der Waals surface area contributed by atoms with E-state index in [4.69, 9.17) is 20.3 Å². The van der Waals surface area contributed by atoms with E-state index in [0.717, 1.165) is 6.42 Å². The fraction of sp³-hybridized carbons (Fsp3) is 0.800. The van der Waals surface area contributed by atoms with Crippen LogP contribution in [-0.2, 0) is 9.36 Å². The van der Waals surface area contributed by atoms with Crippen molar-refractivity contribution in [1.82, 2.24) is 6.15 Å². The van der Waals surface area contributed by atoms with Gasteiger partial charge in [0.25, 0.3) is 0 Å². The predicted molar refractivity (Wildman–Crippen MR) is 46.8 cm³/mol. The van der Waals surface area contributed by atoms with E-state index in [9.17, 15) is 4.79 Å². The molecule has 2 atom stereocenters. The third-order valence-electron chi connectivity index (χ3n) is 0.917. The maximum Gasteiger partial charge on any atom is 0.491 e. The van der Waals surface area contributed by atoms with Crippen molar-refractivity contribution in [1.29, 1.82) is 0 Å². The number of carbonyl (C=O) groups is 1. The minimum atomic E-state index is -1.17. The molecule has 12 heavy (non-hydrogen) atoms. The lowest BCUT2D eigenvalue weighted by Crippen LogP contribution is -2.29. The molecule has 74 valence electrons. The summed E-state index contributed by atoms with van der Waals surface area (Å²) < 4.78 is 8.51. The molecule has 6 nitrogen and oxygen atoms in total. The molecular weight excluding hydrogens is 183 g/mol. The van der Waals surface area contributed by atoms with Crippen molar-refractivity contribution in [3.05, 3.63) is 0 Å². The van der Waals surface area contributed by atoms with Gasteiger partial charge in [-0.2, -0.15) is 4.89 Å². The van der Waals surface area contributed by atoms with Crippen molar-refractivity contribution in [2.75, 3.05) is 0 Å². The van der Waals surface area contributed by atoms with Gasteiger partial charge in [-0.05, 0) is 11.0 Å². The Morgan fingerprint density at radius 2 is 2.00 bits per heavy atom. The standard InChI is InChI=1S/C5H11NO2.H3N.HO2P/c1-2-3-4(6)5(7)8;;1-3-2/h4H,2-3,6H2,1H3,(H,7,8);1H3;3H/p+1. The Hall–Kier alpha value is -0.550. The van der Waals surface area contributed by atoms with Gasteiger partial charge in [0, 0.05) is 0 Å². The SMILES string of the molecule is CCCC(N)C(=O)O.N.O=[PH+]O. The largest absolute Gasteiger partial charge is 0.491 e. The summed E-state index contributed by atoms with van der Waals surface area (Å²) in [5.74, 6) is -0.910. The number of nitrogens with two attached hydrogens (primary N) is 1. The molecule has 7 heteroatoms. The van der Waals surface area contributed by atoms with Crippen molar-refractivity contribution in [2.45, 2.75) is 25.8 Å². The highest BCUT2D eigenvalue weighted by atomic mass is 31.1. The normalized spacial score (nSPS) is 10.6. The van der Waals surface area contributed by atoms with Crippen LogP contribution in [-0.4, -0.2) is 22.0 Å². The van der Waals surface area contributed by atoms with Crippen molar-refractivity contribution in [3.63, 3.8) is 0 Å². The molecule has 0 amide bonds. The summed E-state index contributed by atoms with van der Waals surface area (Å²) in [6, 6.07) is -0.667. The van der Waals surface area contributed by atoms with Gasteiger partial charge in [0.1, 0.15) is 6.04 Å². The van der Waals surface area contributed by atoms with Crippen molar-refractivity contribution >= 4 is 14.7 Å². The van der Waals surface area contributed by atoms with E-state index in [1.165, 1.54) is 0 Å². The Kier molecular flexibility index (Phi) is 19.1. The topological polar surface area (TPSA) is 136 Å². The smallest absolute Gasteiger partial charge is 0.480 e. The zero-order valence-corrected chi connectivity index (χ0v) is 7.99. The van der Waals surface area contributed by atoms with E-state index in [1.807, 2.05) is 6.92 Å². The zero-order valence-electron chi connectivity index (χ0n) is 6.99. The van der Waals surface area contributed by atoms with E-state index in [-0.39, 0.29) is 6.15 Å². The van der Waals surface area contributed by atoms with Gasteiger partial charge in [-0.3, -0.25) is 4.79 Å². The molecule has 0 aliphatic rings. The Morgan fingerprint density at radius 3 is 2.08 bits per heavy atom. The number of carboxylic acid groups (broad SMARTS) is 1. The molecule has 0 radical (unpaired) electrons. The molecule has 0 fully saturated rings. The molecule has 0 heterocycles. The monoisotopic (exact) mass is 199 g/mol. The molecule has 0 rings (SSSR count). The summed E-state index contributed by atoms with van der Waals surface area (Å²) in [7, 11) is -1.17. The van der Waals surface area contributed by atoms with Crippen LogP contribution in [0.1, 0.15) is 19.8 Å². The number of hydrogen-bond donors (Lipinski definition) is 4. The van der Waals surface area contributed by atoms with Crippen LogP contribution in [0.15, 0.2) is 0 Å². The highest BCUT2D eigenvalue weighted by Gasteiger charge is 2.07. The van der Waals surface area contributed by atoms with Gasteiger partial charge in [0.05, 0.1) is 0 Å². The first-order valence-corrected chi connectivity index (χ1v) is 3.95. The first-order valence-electron chi connectivity index (χ1n) is 3.09. The average molecular weight is 199 g/mol. The molecule has 0 aliphatic carbocycles. The van der Waals surface area contributed by atoms with Crippen molar-refractivity contribution in [2.24, 2.45) is 5.73 Å². The molecule has 0 bridgehead atoms. The van der Waals surface area contributed by atoms with E-state index in [2.05, 4.69) is 0 Å². The summed E-state index contributed by atoms with van der Waals surface area (Å²) in [4.78, 5) is 17.0. The van der Waals surface area contributed by atoms with Crippen LogP contribution in [0, 0.1) is 0 Å². The molecule has 0 aromatic heterocycles. The maximum absolute atomic E-state index is 9.96. The minimum Gasteiger partial charge on any atom is -0.480 e. The second-order valence-electron chi connectivity index (χ2n) is 1.82. The number of hydrogen-bond acceptors (Lipinski definition) is 4. The van der Waals surface area contributed by atoms with Crippen LogP contribution < -0.4 is 11.9 Å². The molecule has 0 saturated carbocycles. The van der Waals surface area contributed by atoms with Gasteiger partial charge < -0.3 is 17.0 Å². The Bertz CT molecular complexity index is 122. The Morgan fingerprint density at radius 1 is 1.67 bits per heavy atom. The Labute approximate surface area is 72.6 Å². The highest BCUT2D eigenvalue weighted by molar-refractivity contribution is 7.16. The van der Waals surface area contributed by atoms with Gasteiger partial charge in [0.15, 0.2) is 0 Å². The second-order valence-corrected chi connectivity index (χ2v) is 2.01. The van der Waals surface area contributed by atoms with Crippen LogP contribution >= 0.6 is 8.69 Å². The van der Waals surface area contributed by atoms with Crippen molar-refractivity contribution < 1.29 is 19.4 Å². The van der Waals surface area contributed by atoms with Crippen LogP contribution in [0.2, 0.25) is 0 Å². The van der Waals surface area contributed by atoms with E-state index in [0.29, 0.717) is 6.42 Å². The van der Waals surface area contributed by atoms with E-state index < -0.39 is 20.7 Å². The molecule has 2 unspecified atom stereocenters. The third kappa shape index (κ3) is 16.2. The summed E-state index contributed by atoms with van der Waals surface area (Å²) in [6.07, 6.45) is 1.39. The second kappa shape index (κ2) is 13.1. The molecule has 0 aromatic rings. The lowest BCUT2D eigenvalue weighted by molar-refractivity contribution is -0.138. The lowest BCUT2D eigenvalue weighted by atomic mass is 10.2. The lowest BCUT2D eigenvalue weighted by Gasteiger charge is -2.00. The van der Waals surface area contributed by atoms with Crippen LogP contribution in [0.5, 0.6) is 0 Å². The van der Waals surface area contributed by atoms with E-state index in [1.54, 1.807) is 0 Å². The van der Waals surface area contributed by atoms with Crippen LogP contribution in [0.4, 0.5) is 0 Å². The minimum absolute atomic E-state index is 0. The van der Waals surface area contributed by atoms with Gasteiger partial charge >= 0.3 is 14.7 Å². The fourth-order valence-corrected chi connectivity index (χ4v) is 0.434. The molecule has 7 N–H and O–H groups in total. The van der Waals surface area contributed by atoms with Crippen LogP contribution in [0.25, 0.3) is 0 Å². The summed E-state index contributed by atoms with van der Waals surface area (Å²) in [6.45, 7) is 1.91. The van der Waals surface area contributed by atoms with Gasteiger partial charge in [-0.15, -0.1) is 0 Å². The highest BCUT2D eigenvalue weighted by Crippen LogP contribution is 1.91. The summed E-state index contributed by atoms with van der Waals surface area (Å²) in [5, 5.41) is 8.19. The van der Waals surface area contributed by atoms with Crippen LogP contribution in [0.3, 0.4) is 0 Å². The number of aliphatic carboxylic acids is 1. The predicted octanol–water partition coefficient (Wildman–Crippen LogP) is 0.278. The van der Waals surface area contributed by atoms with E-state index >= 15 is 0 Å².